The van der Waals surface area contributed by atoms with Crippen molar-refractivity contribution in [2.45, 2.75) is 0 Å². The second-order valence-electron chi connectivity index (χ2n) is 9.36. The van der Waals surface area contributed by atoms with Gasteiger partial charge in [-0.1, -0.05) is 90.6 Å². The van der Waals surface area contributed by atoms with E-state index in [1.54, 1.807) is 6.20 Å². The normalized spacial score (nSPS) is 10.7. The van der Waals surface area contributed by atoms with E-state index in [1.807, 2.05) is 95.9 Å². The minimum absolute atomic E-state index is 0. The molecule has 3 heterocycles. The van der Waals surface area contributed by atoms with Crippen molar-refractivity contribution in [2.75, 3.05) is 0 Å². The first-order chi connectivity index (χ1) is 19.8. The second kappa shape index (κ2) is 11.7. The molecule has 0 aliphatic rings. The van der Waals surface area contributed by atoms with Gasteiger partial charge in [0.05, 0.1) is 16.9 Å². The van der Waals surface area contributed by atoms with E-state index in [2.05, 4.69) is 58.5 Å². The van der Waals surface area contributed by atoms with E-state index in [-0.39, 0.29) is 21.1 Å². The molecule has 0 amide bonds. The molecule has 0 radical (unpaired) electrons. The molecular weight excluding hydrogens is 685 g/mol. The molecule has 5 nitrogen and oxygen atoms in total. The van der Waals surface area contributed by atoms with Gasteiger partial charge in [-0.15, -0.1) is 35.9 Å². The zero-order valence-electron chi connectivity index (χ0n) is 21.8. The van der Waals surface area contributed by atoms with Crippen LogP contribution in [0.15, 0.2) is 140 Å². The number of aromatic nitrogens is 4. The zero-order chi connectivity index (χ0) is 26.7. The Morgan fingerprint density at radius 1 is 0.659 bits per heavy atom. The van der Waals surface area contributed by atoms with Crippen LogP contribution in [0.1, 0.15) is 0 Å². The van der Waals surface area contributed by atoms with Gasteiger partial charge in [-0.3, -0.25) is 4.98 Å². The summed E-state index contributed by atoms with van der Waals surface area (Å²) in [7, 11) is 0. The Morgan fingerprint density at radius 2 is 1.49 bits per heavy atom. The van der Waals surface area contributed by atoms with E-state index in [1.165, 1.54) is 0 Å². The summed E-state index contributed by atoms with van der Waals surface area (Å²) in [5.74, 6) is 0.601. The molecule has 0 fully saturated rings. The van der Waals surface area contributed by atoms with Crippen LogP contribution in [-0.2, 0) is 21.1 Å². The molecule has 0 unspecified atom stereocenters. The van der Waals surface area contributed by atoms with Crippen LogP contribution in [0.25, 0.3) is 55.4 Å². The van der Waals surface area contributed by atoms with Gasteiger partial charge < -0.3 is 10.3 Å². The first kappa shape index (κ1) is 26.4. The standard InChI is InChI=1S/C35H23N5.Pt/c1-3-11-25(12-4-1)27-20-22-36-32(23-27)30-17-10-21-37-35(30)38-31-18-7-8-19-33(31)40-24-28-15-9-16-29(34(28)39-40)26-13-5-2-6-14-26;/h1-13,15-24H;/q-2;+2. The topological polar surface area (TPSA) is 57.7 Å². The largest absolute Gasteiger partial charge is 2.00 e. The molecule has 7 rings (SSSR count). The average Bonchev–Trinajstić information content (AvgIpc) is 3.47. The van der Waals surface area contributed by atoms with Crippen LogP contribution in [0.5, 0.6) is 0 Å². The molecule has 6 heteroatoms. The smallest absolute Gasteiger partial charge is 0.442 e. The van der Waals surface area contributed by atoms with Crippen molar-refractivity contribution in [1.82, 2.24) is 19.7 Å². The fraction of sp³-hybridized carbons (Fsp3) is 0. The molecule has 0 saturated carbocycles. The number of benzene rings is 4. The van der Waals surface area contributed by atoms with Crippen molar-refractivity contribution in [2.24, 2.45) is 0 Å². The van der Waals surface area contributed by atoms with Crippen LogP contribution in [0.2, 0.25) is 0 Å². The van der Waals surface area contributed by atoms with E-state index >= 15 is 0 Å². The van der Waals surface area contributed by atoms with Crippen LogP contribution in [0.3, 0.4) is 0 Å². The maximum Gasteiger partial charge on any atom is 2.00 e. The van der Waals surface area contributed by atoms with Crippen molar-refractivity contribution in [3.63, 3.8) is 0 Å². The summed E-state index contributed by atoms with van der Waals surface area (Å²) in [5, 5.41) is 11.1. The Balaban J connectivity index is 0.00000302. The minimum atomic E-state index is 0. The van der Waals surface area contributed by atoms with Gasteiger partial charge in [0.15, 0.2) is 0 Å². The Kier molecular flexibility index (Phi) is 7.53. The van der Waals surface area contributed by atoms with Gasteiger partial charge in [0.2, 0.25) is 0 Å². The molecule has 7 aromatic rings. The molecule has 0 N–H and O–H groups in total. The van der Waals surface area contributed by atoms with Crippen LogP contribution < -0.4 is 0 Å². The Hall–Kier alpha value is -4.86. The van der Waals surface area contributed by atoms with E-state index < -0.39 is 0 Å². The molecule has 3 aromatic heterocycles. The molecule has 0 atom stereocenters. The van der Waals surface area contributed by atoms with Gasteiger partial charge >= 0.3 is 21.1 Å². The van der Waals surface area contributed by atoms with Gasteiger partial charge in [0, 0.05) is 17.8 Å². The predicted octanol–water partition coefficient (Wildman–Crippen LogP) is 8.95. The summed E-state index contributed by atoms with van der Waals surface area (Å²) in [5.41, 5.74) is 8.52. The number of rotatable bonds is 6. The fourth-order valence-corrected chi connectivity index (χ4v) is 4.89. The zero-order valence-corrected chi connectivity index (χ0v) is 24.1. The Labute approximate surface area is 252 Å². The van der Waals surface area contributed by atoms with Gasteiger partial charge in [0.25, 0.3) is 0 Å². The summed E-state index contributed by atoms with van der Waals surface area (Å²) < 4.78 is 1.90. The van der Waals surface area contributed by atoms with Crippen molar-refractivity contribution >= 4 is 22.4 Å². The van der Waals surface area contributed by atoms with Gasteiger partial charge in [-0.05, 0) is 46.4 Å². The summed E-state index contributed by atoms with van der Waals surface area (Å²) >= 11 is 0. The number of nitrogens with zero attached hydrogens (tertiary/aromatic N) is 5. The molecule has 0 saturated heterocycles. The minimum Gasteiger partial charge on any atom is -0.442 e. The van der Waals surface area contributed by atoms with Crippen molar-refractivity contribution in [3.05, 3.63) is 151 Å². The first-order valence-corrected chi connectivity index (χ1v) is 13.1. The molecule has 0 aliphatic carbocycles. The molecule has 41 heavy (non-hydrogen) atoms. The second-order valence-corrected chi connectivity index (χ2v) is 9.36. The summed E-state index contributed by atoms with van der Waals surface area (Å²) in [6.07, 6.45) is 5.64. The molecule has 198 valence electrons. The predicted molar refractivity (Wildman–Crippen MR) is 161 cm³/mol. The molecule has 0 bridgehead atoms. The third-order valence-corrected chi connectivity index (χ3v) is 6.82. The summed E-state index contributed by atoms with van der Waals surface area (Å²) in [4.78, 5) is 9.31. The van der Waals surface area contributed by atoms with Gasteiger partial charge in [-0.2, -0.15) is 5.10 Å². The van der Waals surface area contributed by atoms with Crippen molar-refractivity contribution < 1.29 is 21.1 Å². The quantitative estimate of drug-likeness (QED) is 0.162. The maximum absolute atomic E-state index is 5.03. The van der Waals surface area contributed by atoms with E-state index in [9.17, 15) is 0 Å². The maximum atomic E-state index is 5.03. The molecule has 4 aromatic carbocycles. The van der Waals surface area contributed by atoms with E-state index in [4.69, 9.17) is 10.4 Å². The van der Waals surface area contributed by atoms with Crippen molar-refractivity contribution in [3.8, 4) is 39.2 Å². The third kappa shape index (κ3) is 5.32. The van der Waals surface area contributed by atoms with Crippen LogP contribution in [0.4, 0.5) is 11.5 Å². The number of hydrogen-bond donors (Lipinski definition) is 0. The molecule has 0 aliphatic heterocycles. The molecule has 0 spiro atoms. The number of para-hydroxylation sites is 2. The fourth-order valence-electron chi connectivity index (χ4n) is 4.89. The molecular formula is C35H23N5Pt. The van der Waals surface area contributed by atoms with Crippen LogP contribution in [0, 0.1) is 6.07 Å². The third-order valence-electron chi connectivity index (χ3n) is 6.82. The SMILES string of the molecule is [Pt+2].[c-]1ccccc1-c1cccc2cn(-c3ccccc3[N-]c3ncccc3-c3cc(-c4ccccc4)ccn3)nc12. The van der Waals surface area contributed by atoms with Crippen LogP contribution >= 0.6 is 0 Å². The number of fused-ring (bicyclic) bond motifs is 1. The number of hydrogen-bond acceptors (Lipinski definition) is 3. The van der Waals surface area contributed by atoms with Crippen molar-refractivity contribution in [1.29, 1.82) is 0 Å². The Bertz CT molecular complexity index is 1930. The Morgan fingerprint density at radius 3 is 2.37 bits per heavy atom. The number of pyridine rings is 2. The summed E-state index contributed by atoms with van der Waals surface area (Å²) in [6, 6.07) is 43.8. The average molecular weight is 709 g/mol. The van der Waals surface area contributed by atoms with Gasteiger partial charge in [0.1, 0.15) is 0 Å². The summed E-state index contributed by atoms with van der Waals surface area (Å²) in [6.45, 7) is 0. The van der Waals surface area contributed by atoms with E-state index in [0.717, 1.165) is 55.8 Å². The van der Waals surface area contributed by atoms with Gasteiger partial charge in [-0.25, -0.2) is 4.68 Å². The monoisotopic (exact) mass is 708 g/mol. The first-order valence-electron chi connectivity index (χ1n) is 13.1. The van der Waals surface area contributed by atoms with Crippen LogP contribution in [-0.4, -0.2) is 19.7 Å². The van der Waals surface area contributed by atoms with E-state index in [0.29, 0.717) is 5.82 Å².